The molecule has 2 rings (SSSR count). The van der Waals surface area contributed by atoms with E-state index in [2.05, 4.69) is 13.8 Å². The molecule has 0 radical (unpaired) electrons. The molecular formula is C13H16O2. The lowest BCUT2D eigenvalue weighted by Crippen LogP contribution is -2.63. The van der Waals surface area contributed by atoms with Crippen molar-refractivity contribution in [2.45, 2.75) is 32.5 Å². The topological polar surface area (TPSA) is 26.3 Å². The highest BCUT2D eigenvalue weighted by molar-refractivity contribution is 5.61. The van der Waals surface area contributed by atoms with Crippen molar-refractivity contribution in [2.24, 2.45) is 5.41 Å². The Morgan fingerprint density at radius 1 is 1.20 bits per heavy atom. The van der Waals surface area contributed by atoms with Crippen molar-refractivity contribution < 1.29 is 9.53 Å². The standard InChI is InChI=1S/C13H16O2/c1-12(2)11(9-14)15-13(12,3)10-7-5-4-6-8-10/h4-9,11H,1-3H3/t11-,13+/m1/s1. The molecule has 2 heteroatoms. The number of rotatable bonds is 2. The average molecular weight is 204 g/mol. The van der Waals surface area contributed by atoms with Gasteiger partial charge in [-0.1, -0.05) is 44.2 Å². The summed E-state index contributed by atoms with van der Waals surface area (Å²) in [7, 11) is 0. The van der Waals surface area contributed by atoms with Crippen LogP contribution >= 0.6 is 0 Å². The Labute approximate surface area is 90.3 Å². The van der Waals surface area contributed by atoms with Gasteiger partial charge in [-0.3, -0.25) is 0 Å². The zero-order valence-corrected chi connectivity index (χ0v) is 9.36. The summed E-state index contributed by atoms with van der Waals surface area (Å²) in [5.41, 5.74) is 0.642. The van der Waals surface area contributed by atoms with Crippen LogP contribution in [0.25, 0.3) is 0 Å². The largest absolute Gasteiger partial charge is 0.359 e. The number of aldehydes is 1. The second-order valence-electron chi connectivity index (χ2n) is 4.80. The molecule has 0 aliphatic carbocycles. The fourth-order valence-electron chi connectivity index (χ4n) is 2.16. The van der Waals surface area contributed by atoms with Crippen LogP contribution in [0.5, 0.6) is 0 Å². The first-order chi connectivity index (χ1) is 7.02. The summed E-state index contributed by atoms with van der Waals surface area (Å²) in [6, 6.07) is 10.1. The maximum Gasteiger partial charge on any atom is 0.149 e. The minimum Gasteiger partial charge on any atom is -0.359 e. The maximum atomic E-state index is 10.8. The lowest BCUT2D eigenvalue weighted by molar-refractivity contribution is -0.289. The Balaban J connectivity index is 2.35. The molecule has 0 amide bonds. The van der Waals surface area contributed by atoms with E-state index in [0.717, 1.165) is 11.8 Å². The molecule has 15 heavy (non-hydrogen) atoms. The van der Waals surface area contributed by atoms with E-state index < -0.39 is 0 Å². The summed E-state index contributed by atoms with van der Waals surface area (Å²) in [4.78, 5) is 10.8. The van der Waals surface area contributed by atoms with Crippen LogP contribution in [0.1, 0.15) is 26.3 Å². The third kappa shape index (κ3) is 1.25. The molecule has 1 aliphatic rings. The van der Waals surface area contributed by atoms with Crippen molar-refractivity contribution in [1.29, 1.82) is 0 Å². The summed E-state index contributed by atoms with van der Waals surface area (Å²) in [5, 5.41) is 0. The van der Waals surface area contributed by atoms with Crippen molar-refractivity contribution >= 4 is 6.29 Å². The lowest BCUT2D eigenvalue weighted by atomic mass is 9.63. The van der Waals surface area contributed by atoms with Crippen molar-refractivity contribution in [3.8, 4) is 0 Å². The summed E-state index contributed by atoms with van der Waals surface area (Å²) in [6.45, 7) is 6.19. The van der Waals surface area contributed by atoms with E-state index in [0.29, 0.717) is 0 Å². The molecule has 0 unspecified atom stereocenters. The van der Waals surface area contributed by atoms with Crippen molar-refractivity contribution in [3.05, 3.63) is 35.9 Å². The molecule has 1 aliphatic heterocycles. The second kappa shape index (κ2) is 3.17. The first-order valence-electron chi connectivity index (χ1n) is 5.21. The summed E-state index contributed by atoms with van der Waals surface area (Å²) >= 11 is 0. The highest BCUT2D eigenvalue weighted by Gasteiger charge is 2.59. The van der Waals surface area contributed by atoms with Gasteiger partial charge in [-0.05, 0) is 12.5 Å². The van der Waals surface area contributed by atoms with E-state index in [1.54, 1.807) is 0 Å². The monoisotopic (exact) mass is 204 g/mol. The molecule has 1 saturated heterocycles. The number of carbonyl (C=O) groups excluding carboxylic acids is 1. The number of hydrogen-bond donors (Lipinski definition) is 0. The third-order valence-corrected chi connectivity index (χ3v) is 3.75. The summed E-state index contributed by atoms with van der Waals surface area (Å²) in [5.74, 6) is 0. The maximum absolute atomic E-state index is 10.8. The van der Waals surface area contributed by atoms with Crippen LogP contribution in [0.3, 0.4) is 0 Å². The van der Waals surface area contributed by atoms with E-state index in [-0.39, 0.29) is 17.1 Å². The Bertz CT molecular complexity index is 369. The first-order valence-corrected chi connectivity index (χ1v) is 5.21. The number of hydrogen-bond acceptors (Lipinski definition) is 2. The van der Waals surface area contributed by atoms with Gasteiger partial charge in [0.1, 0.15) is 12.4 Å². The Kier molecular flexibility index (Phi) is 2.19. The SMILES string of the molecule is CC1(C)[C@@H](C=O)O[C@@]1(C)c1ccccc1. The van der Waals surface area contributed by atoms with Gasteiger partial charge < -0.3 is 9.53 Å². The molecule has 2 atom stereocenters. The van der Waals surface area contributed by atoms with Gasteiger partial charge in [0.15, 0.2) is 0 Å². The zero-order valence-electron chi connectivity index (χ0n) is 9.36. The molecule has 2 nitrogen and oxygen atoms in total. The molecule has 1 fully saturated rings. The van der Waals surface area contributed by atoms with Gasteiger partial charge >= 0.3 is 0 Å². The van der Waals surface area contributed by atoms with Gasteiger partial charge in [0.25, 0.3) is 0 Å². The van der Waals surface area contributed by atoms with Gasteiger partial charge in [-0.2, -0.15) is 0 Å². The predicted octanol–water partition coefficient (Wildman–Crippen LogP) is 2.53. The van der Waals surface area contributed by atoms with E-state index in [1.807, 2.05) is 37.3 Å². The van der Waals surface area contributed by atoms with Crippen molar-refractivity contribution in [1.82, 2.24) is 0 Å². The van der Waals surface area contributed by atoms with Crippen LogP contribution in [0, 0.1) is 5.41 Å². The molecule has 0 bridgehead atoms. The third-order valence-electron chi connectivity index (χ3n) is 3.75. The van der Waals surface area contributed by atoms with E-state index in [1.165, 1.54) is 0 Å². The lowest BCUT2D eigenvalue weighted by Gasteiger charge is -2.58. The second-order valence-corrected chi connectivity index (χ2v) is 4.80. The zero-order chi connectivity index (χ0) is 11.1. The smallest absolute Gasteiger partial charge is 0.149 e. The Morgan fingerprint density at radius 3 is 2.27 bits per heavy atom. The van der Waals surface area contributed by atoms with Crippen LogP contribution in [0.2, 0.25) is 0 Å². The highest BCUT2D eigenvalue weighted by atomic mass is 16.5. The number of benzene rings is 1. The molecule has 0 spiro atoms. The summed E-state index contributed by atoms with van der Waals surface area (Å²) < 4.78 is 5.71. The molecule has 0 N–H and O–H groups in total. The van der Waals surface area contributed by atoms with Crippen LogP contribution in [0.4, 0.5) is 0 Å². The normalized spacial score (nSPS) is 33.1. The number of carbonyl (C=O) groups is 1. The highest BCUT2D eigenvalue weighted by Crippen LogP contribution is 2.55. The Morgan fingerprint density at radius 2 is 1.80 bits per heavy atom. The van der Waals surface area contributed by atoms with Crippen LogP contribution in [-0.4, -0.2) is 12.4 Å². The molecule has 0 saturated carbocycles. The van der Waals surface area contributed by atoms with Crippen LogP contribution in [-0.2, 0) is 15.1 Å². The minimum absolute atomic E-state index is 0.143. The Hall–Kier alpha value is -1.15. The van der Waals surface area contributed by atoms with Crippen LogP contribution < -0.4 is 0 Å². The molecule has 1 aromatic carbocycles. The van der Waals surface area contributed by atoms with Gasteiger partial charge in [-0.15, -0.1) is 0 Å². The molecule has 1 aromatic rings. The minimum atomic E-state index is -0.347. The molecule has 0 aromatic heterocycles. The molecular weight excluding hydrogens is 188 g/mol. The van der Waals surface area contributed by atoms with Crippen molar-refractivity contribution in [2.75, 3.05) is 0 Å². The van der Waals surface area contributed by atoms with Gasteiger partial charge in [0, 0.05) is 5.41 Å². The fourth-order valence-corrected chi connectivity index (χ4v) is 2.16. The van der Waals surface area contributed by atoms with Gasteiger partial charge in [0.05, 0.1) is 5.60 Å². The fraction of sp³-hybridized carbons (Fsp3) is 0.462. The molecule has 80 valence electrons. The molecule has 1 heterocycles. The van der Waals surface area contributed by atoms with Gasteiger partial charge in [-0.25, -0.2) is 0 Å². The number of ether oxygens (including phenoxy) is 1. The quantitative estimate of drug-likeness (QED) is 0.692. The van der Waals surface area contributed by atoms with Crippen LogP contribution in [0.15, 0.2) is 30.3 Å². The van der Waals surface area contributed by atoms with E-state index in [9.17, 15) is 4.79 Å². The summed E-state index contributed by atoms with van der Waals surface area (Å²) in [6.07, 6.45) is 0.604. The van der Waals surface area contributed by atoms with Gasteiger partial charge in [0.2, 0.25) is 0 Å². The van der Waals surface area contributed by atoms with Crippen molar-refractivity contribution in [3.63, 3.8) is 0 Å². The van der Waals surface area contributed by atoms with E-state index in [4.69, 9.17) is 4.74 Å². The van der Waals surface area contributed by atoms with E-state index >= 15 is 0 Å². The average Bonchev–Trinajstić information content (AvgIpc) is 2.26. The predicted molar refractivity (Wildman–Crippen MR) is 58.5 cm³/mol. The first kappa shape index (κ1) is 10.4.